The lowest BCUT2D eigenvalue weighted by Gasteiger charge is -2.27. The second-order valence-corrected chi connectivity index (χ2v) is 12.8. The van der Waals surface area contributed by atoms with Gasteiger partial charge in [0.1, 0.15) is 0 Å². The minimum absolute atomic E-state index is 1.12. The first-order valence-corrected chi connectivity index (χ1v) is 16.5. The van der Waals surface area contributed by atoms with E-state index < -0.39 is 0 Å². The van der Waals surface area contributed by atoms with Gasteiger partial charge in [-0.2, -0.15) is 0 Å². The zero-order valence-corrected chi connectivity index (χ0v) is 25.9. The highest BCUT2D eigenvalue weighted by molar-refractivity contribution is 7.26. The Hall–Kier alpha value is -5.70. The molecule has 8 aromatic carbocycles. The molecule has 0 aliphatic heterocycles. The van der Waals surface area contributed by atoms with Crippen LogP contribution in [0.1, 0.15) is 0 Å². The summed E-state index contributed by atoms with van der Waals surface area (Å²) in [7, 11) is 0. The summed E-state index contributed by atoms with van der Waals surface area (Å²) in [5.41, 5.74) is 8.33. The summed E-state index contributed by atoms with van der Waals surface area (Å²) in [5.74, 6) is 0. The molecule has 1 aromatic heterocycles. The Balaban J connectivity index is 1.20. The highest BCUT2D eigenvalue weighted by atomic mass is 32.1. The second-order valence-electron chi connectivity index (χ2n) is 11.8. The molecular formula is C44H29NS. The topological polar surface area (TPSA) is 3.24 Å². The van der Waals surface area contributed by atoms with Gasteiger partial charge in [-0.15, -0.1) is 11.3 Å². The van der Waals surface area contributed by atoms with E-state index in [1.807, 2.05) is 11.3 Å². The molecule has 216 valence electrons. The van der Waals surface area contributed by atoms with E-state index in [9.17, 15) is 0 Å². The third-order valence-electron chi connectivity index (χ3n) is 9.04. The van der Waals surface area contributed by atoms with Gasteiger partial charge in [0.05, 0.1) is 5.69 Å². The van der Waals surface area contributed by atoms with E-state index >= 15 is 0 Å². The third kappa shape index (κ3) is 4.54. The van der Waals surface area contributed by atoms with Crippen LogP contribution in [0.25, 0.3) is 64.0 Å². The second kappa shape index (κ2) is 11.0. The maximum atomic E-state index is 2.40. The Bertz CT molecular complexity index is 2530. The molecule has 0 N–H and O–H groups in total. The SMILES string of the molecule is c1cc(-c2cccc3c2sc2ccccc23)cc(N(c2ccc(-c3ccc4ccccc4c3)cc2)c2cccc3ccccc23)c1. The highest BCUT2D eigenvalue weighted by Gasteiger charge is 2.17. The fourth-order valence-electron chi connectivity index (χ4n) is 6.79. The fraction of sp³-hybridized carbons (Fsp3) is 0. The summed E-state index contributed by atoms with van der Waals surface area (Å²) < 4.78 is 2.65. The van der Waals surface area contributed by atoms with E-state index in [4.69, 9.17) is 0 Å². The number of hydrogen-bond donors (Lipinski definition) is 0. The average molecular weight is 604 g/mol. The van der Waals surface area contributed by atoms with Gasteiger partial charge in [0, 0.05) is 36.9 Å². The molecule has 0 unspecified atom stereocenters. The van der Waals surface area contributed by atoms with Gasteiger partial charge in [-0.3, -0.25) is 0 Å². The van der Waals surface area contributed by atoms with Gasteiger partial charge >= 0.3 is 0 Å². The standard InChI is InChI=1S/C44H29NS/c1-2-12-33-28-34(23-22-30(33)10-1)31-24-26-36(27-25-31)45(42-20-8-13-32-11-3-4-16-38(32)42)37-15-7-14-35(29-37)39-18-9-19-41-40-17-5-6-21-43(40)46-44(39)41/h1-29H. The lowest BCUT2D eigenvalue weighted by Crippen LogP contribution is -2.10. The van der Waals surface area contributed by atoms with Crippen LogP contribution in [0.3, 0.4) is 0 Å². The van der Waals surface area contributed by atoms with E-state index in [0.29, 0.717) is 0 Å². The summed E-state index contributed by atoms with van der Waals surface area (Å²) in [5, 5.41) is 7.61. The van der Waals surface area contributed by atoms with Gasteiger partial charge in [-0.05, 0) is 80.9 Å². The summed E-state index contributed by atoms with van der Waals surface area (Å²) in [6, 6.07) is 64.0. The number of nitrogens with zero attached hydrogens (tertiary/aromatic N) is 1. The first kappa shape index (κ1) is 26.7. The van der Waals surface area contributed by atoms with Crippen LogP contribution >= 0.6 is 11.3 Å². The maximum Gasteiger partial charge on any atom is 0.0540 e. The molecule has 0 amide bonds. The van der Waals surface area contributed by atoms with Crippen molar-refractivity contribution in [3.63, 3.8) is 0 Å². The molecule has 0 saturated carbocycles. The summed E-state index contributed by atoms with van der Waals surface area (Å²) in [6.07, 6.45) is 0. The molecule has 0 saturated heterocycles. The third-order valence-corrected chi connectivity index (χ3v) is 10.3. The quantitative estimate of drug-likeness (QED) is 0.189. The molecule has 0 spiro atoms. The number of anilines is 3. The number of thiophene rings is 1. The smallest absolute Gasteiger partial charge is 0.0540 e. The van der Waals surface area contributed by atoms with E-state index in [1.165, 1.54) is 64.0 Å². The molecule has 2 heteroatoms. The van der Waals surface area contributed by atoms with Crippen molar-refractivity contribution < 1.29 is 0 Å². The Morgan fingerprint density at radius 2 is 1.04 bits per heavy atom. The lowest BCUT2D eigenvalue weighted by atomic mass is 10.00. The average Bonchev–Trinajstić information content (AvgIpc) is 3.51. The Labute approximate surface area is 272 Å². The zero-order valence-electron chi connectivity index (χ0n) is 25.1. The maximum absolute atomic E-state index is 2.40. The lowest BCUT2D eigenvalue weighted by molar-refractivity contribution is 1.30. The van der Waals surface area contributed by atoms with Crippen molar-refractivity contribution in [2.24, 2.45) is 0 Å². The van der Waals surface area contributed by atoms with Gasteiger partial charge in [-0.1, -0.05) is 133 Å². The van der Waals surface area contributed by atoms with Crippen LogP contribution in [-0.2, 0) is 0 Å². The molecule has 0 aliphatic carbocycles. The van der Waals surface area contributed by atoms with E-state index in [1.54, 1.807) is 0 Å². The van der Waals surface area contributed by atoms with E-state index in [-0.39, 0.29) is 0 Å². The molecule has 0 fully saturated rings. The largest absolute Gasteiger partial charge is 0.310 e. The first-order valence-electron chi connectivity index (χ1n) is 15.7. The fourth-order valence-corrected chi connectivity index (χ4v) is 8.03. The summed E-state index contributed by atoms with van der Waals surface area (Å²) in [6.45, 7) is 0. The van der Waals surface area contributed by atoms with Crippen molar-refractivity contribution in [2.45, 2.75) is 0 Å². The van der Waals surface area contributed by atoms with Crippen LogP contribution in [0, 0.1) is 0 Å². The molecule has 0 bridgehead atoms. The Kier molecular flexibility index (Phi) is 6.40. The Morgan fingerprint density at radius 1 is 0.370 bits per heavy atom. The van der Waals surface area contributed by atoms with E-state index in [0.717, 1.165) is 17.1 Å². The predicted octanol–water partition coefficient (Wildman–Crippen LogP) is 13.2. The van der Waals surface area contributed by atoms with Gasteiger partial charge < -0.3 is 4.90 Å². The monoisotopic (exact) mass is 603 g/mol. The van der Waals surface area contributed by atoms with E-state index in [2.05, 4.69) is 181 Å². The minimum atomic E-state index is 1.12. The van der Waals surface area contributed by atoms with Crippen molar-refractivity contribution in [1.29, 1.82) is 0 Å². The van der Waals surface area contributed by atoms with Crippen molar-refractivity contribution in [1.82, 2.24) is 0 Å². The molecule has 0 atom stereocenters. The summed E-state index contributed by atoms with van der Waals surface area (Å²) >= 11 is 1.88. The van der Waals surface area contributed by atoms with Crippen LogP contribution < -0.4 is 4.90 Å². The number of rotatable bonds is 5. The van der Waals surface area contributed by atoms with Crippen LogP contribution in [0.4, 0.5) is 17.1 Å². The van der Waals surface area contributed by atoms with Gasteiger partial charge in [0.2, 0.25) is 0 Å². The molecule has 46 heavy (non-hydrogen) atoms. The molecule has 0 radical (unpaired) electrons. The molecule has 1 nitrogen and oxygen atoms in total. The zero-order chi connectivity index (χ0) is 30.5. The molecule has 9 rings (SSSR count). The van der Waals surface area contributed by atoms with Gasteiger partial charge in [-0.25, -0.2) is 0 Å². The number of fused-ring (bicyclic) bond motifs is 5. The molecule has 9 aromatic rings. The van der Waals surface area contributed by atoms with Crippen molar-refractivity contribution in [2.75, 3.05) is 4.90 Å². The van der Waals surface area contributed by atoms with Crippen LogP contribution in [-0.4, -0.2) is 0 Å². The van der Waals surface area contributed by atoms with Gasteiger partial charge in [0.25, 0.3) is 0 Å². The predicted molar refractivity (Wildman–Crippen MR) is 200 cm³/mol. The molecule has 1 heterocycles. The summed E-state index contributed by atoms with van der Waals surface area (Å²) in [4.78, 5) is 2.40. The first-order chi connectivity index (χ1) is 22.8. The van der Waals surface area contributed by atoms with Crippen molar-refractivity contribution in [3.8, 4) is 22.3 Å². The number of benzene rings is 8. The highest BCUT2D eigenvalue weighted by Crippen LogP contribution is 2.43. The Morgan fingerprint density at radius 3 is 1.93 bits per heavy atom. The van der Waals surface area contributed by atoms with Gasteiger partial charge in [0.15, 0.2) is 0 Å². The molecular weight excluding hydrogens is 575 g/mol. The molecule has 0 aliphatic rings. The number of hydrogen-bond acceptors (Lipinski definition) is 2. The van der Waals surface area contributed by atoms with Crippen LogP contribution in [0.2, 0.25) is 0 Å². The van der Waals surface area contributed by atoms with Crippen LogP contribution in [0.15, 0.2) is 176 Å². The minimum Gasteiger partial charge on any atom is -0.310 e. The normalized spacial score (nSPS) is 11.5. The van der Waals surface area contributed by atoms with Crippen molar-refractivity contribution in [3.05, 3.63) is 176 Å². The van der Waals surface area contributed by atoms with Crippen molar-refractivity contribution >= 4 is 70.1 Å². The van der Waals surface area contributed by atoms with Crippen LogP contribution in [0.5, 0.6) is 0 Å².